The lowest BCUT2D eigenvalue weighted by Gasteiger charge is -2.42. The molecule has 0 radical (unpaired) electrons. The summed E-state index contributed by atoms with van der Waals surface area (Å²) >= 11 is 0. The fraction of sp³-hybridized carbons (Fsp3) is 0.500. The second-order valence-corrected chi connectivity index (χ2v) is 5.87. The minimum atomic E-state index is -1.39. The first-order valence-corrected chi connectivity index (χ1v) is 7.37. The number of aliphatic carboxylic acids is 1. The number of rotatable bonds is 5. The molecule has 1 aliphatic rings. The number of carbonyl (C=O) groups excluding carboxylic acids is 1. The van der Waals surface area contributed by atoms with Crippen LogP contribution in [0.1, 0.15) is 27.2 Å². The Labute approximate surface area is 135 Å². The average Bonchev–Trinajstić information content (AvgIpc) is 2.52. The number of hydrogen-bond acceptors (Lipinski definition) is 5. The highest BCUT2D eigenvalue weighted by atomic mass is 16.5. The van der Waals surface area contributed by atoms with Crippen LogP contribution in [-0.4, -0.2) is 42.8 Å². The summed E-state index contributed by atoms with van der Waals surface area (Å²) in [6.45, 7) is 4.88. The molecule has 0 fully saturated rings. The second kappa shape index (κ2) is 5.98. The molecule has 0 spiro atoms. The Balaban J connectivity index is 2.68. The molecular weight excluding hydrogens is 300 g/mol. The number of ether oxygens (including phenoxy) is 2. The lowest BCUT2D eigenvalue weighted by molar-refractivity contribution is -0.144. The van der Waals surface area contributed by atoms with Crippen LogP contribution in [0.5, 0.6) is 11.5 Å². The van der Waals surface area contributed by atoms with Gasteiger partial charge in [0.05, 0.1) is 25.6 Å². The van der Waals surface area contributed by atoms with Gasteiger partial charge in [0.25, 0.3) is 5.91 Å². The third-order valence-corrected chi connectivity index (χ3v) is 4.08. The third kappa shape index (κ3) is 2.67. The summed E-state index contributed by atoms with van der Waals surface area (Å²) in [5, 5.41) is 12.7. The van der Waals surface area contributed by atoms with Crippen LogP contribution in [0.2, 0.25) is 0 Å². The molecule has 1 aliphatic heterocycles. The largest absolute Gasteiger partial charge is 0.493 e. The van der Waals surface area contributed by atoms with Crippen LogP contribution < -0.4 is 19.7 Å². The van der Waals surface area contributed by atoms with Gasteiger partial charge in [-0.3, -0.25) is 9.69 Å². The molecule has 126 valence electrons. The zero-order valence-electron chi connectivity index (χ0n) is 14.0. The normalized spacial score (nSPS) is 17.3. The van der Waals surface area contributed by atoms with Crippen LogP contribution in [0.4, 0.5) is 11.4 Å². The van der Waals surface area contributed by atoms with Crippen LogP contribution in [0.25, 0.3) is 0 Å². The monoisotopic (exact) mass is 322 g/mol. The summed E-state index contributed by atoms with van der Waals surface area (Å²) in [6, 6.07) is 2.85. The number of carboxylic acid groups (broad SMARTS) is 1. The fourth-order valence-electron chi connectivity index (χ4n) is 2.64. The van der Waals surface area contributed by atoms with Crippen molar-refractivity contribution >= 4 is 23.3 Å². The van der Waals surface area contributed by atoms with E-state index in [0.717, 1.165) is 0 Å². The molecule has 1 aromatic carbocycles. The number of anilines is 2. The van der Waals surface area contributed by atoms with Gasteiger partial charge in [0.15, 0.2) is 11.5 Å². The van der Waals surface area contributed by atoms with E-state index in [1.165, 1.54) is 33.0 Å². The Hall–Kier alpha value is -2.44. The number of carboxylic acids is 1. The zero-order chi connectivity index (χ0) is 17.4. The predicted octanol–water partition coefficient (Wildman–Crippen LogP) is 2.10. The second-order valence-electron chi connectivity index (χ2n) is 5.87. The van der Waals surface area contributed by atoms with E-state index in [1.807, 2.05) is 6.92 Å². The van der Waals surface area contributed by atoms with E-state index in [4.69, 9.17) is 9.47 Å². The Kier molecular flexibility index (Phi) is 4.40. The van der Waals surface area contributed by atoms with Gasteiger partial charge in [-0.25, -0.2) is 4.79 Å². The molecule has 0 aromatic heterocycles. The van der Waals surface area contributed by atoms with Crippen molar-refractivity contribution in [2.45, 2.75) is 38.8 Å². The molecule has 7 nitrogen and oxygen atoms in total. The van der Waals surface area contributed by atoms with Gasteiger partial charge in [0, 0.05) is 12.1 Å². The van der Waals surface area contributed by atoms with E-state index in [9.17, 15) is 14.7 Å². The highest BCUT2D eigenvalue weighted by Gasteiger charge is 2.45. The third-order valence-electron chi connectivity index (χ3n) is 4.08. The number of fused-ring (bicyclic) bond motifs is 1. The number of amides is 1. The standard InChI is InChI=1S/C16H22N2O5/c1-6-9-14(19)18(16(2,3)15(20)21)11-8-13(23-5)12(22-4)7-10(11)17-9/h7-9,17H,6H2,1-5H3,(H,20,21). The number of hydrogen-bond donors (Lipinski definition) is 2. The van der Waals surface area contributed by atoms with Crippen molar-refractivity contribution in [1.29, 1.82) is 0 Å². The van der Waals surface area contributed by atoms with E-state index in [1.54, 1.807) is 12.1 Å². The number of methoxy groups -OCH3 is 2. The smallest absolute Gasteiger partial charge is 0.329 e. The van der Waals surface area contributed by atoms with E-state index in [-0.39, 0.29) is 5.91 Å². The first-order chi connectivity index (χ1) is 10.8. The maximum absolute atomic E-state index is 12.8. The lowest BCUT2D eigenvalue weighted by Crippen LogP contribution is -2.59. The van der Waals surface area contributed by atoms with Crippen molar-refractivity contribution in [1.82, 2.24) is 0 Å². The van der Waals surface area contributed by atoms with Gasteiger partial charge < -0.3 is 19.9 Å². The zero-order valence-corrected chi connectivity index (χ0v) is 14.0. The predicted molar refractivity (Wildman–Crippen MR) is 86.4 cm³/mol. The summed E-state index contributed by atoms with van der Waals surface area (Å²) in [6.07, 6.45) is 0.540. The Morgan fingerprint density at radius 3 is 2.35 bits per heavy atom. The maximum Gasteiger partial charge on any atom is 0.329 e. The van der Waals surface area contributed by atoms with Gasteiger partial charge in [-0.05, 0) is 20.3 Å². The Morgan fingerprint density at radius 1 is 1.30 bits per heavy atom. The number of nitrogens with one attached hydrogen (secondary N) is 1. The van der Waals surface area contributed by atoms with Crippen molar-refractivity contribution < 1.29 is 24.2 Å². The molecule has 23 heavy (non-hydrogen) atoms. The van der Waals surface area contributed by atoms with Crippen LogP contribution in [0, 0.1) is 0 Å². The van der Waals surface area contributed by atoms with Crippen LogP contribution in [0.15, 0.2) is 12.1 Å². The van der Waals surface area contributed by atoms with Gasteiger partial charge in [-0.1, -0.05) is 6.92 Å². The molecule has 0 aliphatic carbocycles. The molecule has 1 atom stereocenters. The van der Waals surface area contributed by atoms with E-state index in [2.05, 4.69) is 5.32 Å². The number of benzene rings is 1. The van der Waals surface area contributed by atoms with Crippen LogP contribution in [-0.2, 0) is 9.59 Å². The number of carbonyl (C=O) groups is 2. The molecular formula is C16H22N2O5. The highest BCUT2D eigenvalue weighted by Crippen LogP contribution is 2.43. The van der Waals surface area contributed by atoms with Gasteiger partial charge in [0.2, 0.25) is 0 Å². The average molecular weight is 322 g/mol. The quantitative estimate of drug-likeness (QED) is 0.863. The molecule has 0 saturated heterocycles. The number of nitrogens with zero attached hydrogens (tertiary/aromatic N) is 1. The van der Waals surface area contributed by atoms with E-state index < -0.39 is 17.6 Å². The Bertz CT molecular complexity index is 642. The van der Waals surface area contributed by atoms with Crippen molar-refractivity contribution in [3.05, 3.63) is 12.1 Å². The summed E-state index contributed by atoms with van der Waals surface area (Å²) in [5.74, 6) is -0.416. The van der Waals surface area contributed by atoms with Gasteiger partial charge in [-0.2, -0.15) is 0 Å². The van der Waals surface area contributed by atoms with Crippen molar-refractivity contribution in [2.75, 3.05) is 24.4 Å². The summed E-state index contributed by atoms with van der Waals surface area (Å²) in [7, 11) is 3.01. The van der Waals surface area contributed by atoms with Gasteiger partial charge in [0.1, 0.15) is 11.6 Å². The van der Waals surface area contributed by atoms with Crippen LogP contribution in [0.3, 0.4) is 0 Å². The minimum absolute atomic E-state index is 0.278. The molecule has 2 rings (SSSR count). The first kappa shape index (κ1) is 16.9. The topological polar surface area (TPSA) is 88.1 Å². The molecule has 7 heteroatoms. The molecule has 1 aromatic rings. The van der Waals surface area contributed by atoms with Crippen molar-refractivity contribution in [3.8, 4) is 11.5 Å². The molecule has 2 N–H and O–H groups in total. The summed E-state index contributed by atoms with van der Waals surface area (Å²) in [4.78, 5) is 25.7. The fourth-order valence-corrected chi connectivity index (χ4v) is 2.64. The van der Waals surface area contributed by atoms with Crippen molar-refractivity contribution in [2.24, 2.45) is 0 Å². The summed E-state index contributed by atoms with van der Waals surface area (Å²) < 4.78 is 10.6. The molecule has 1 heterocycles. The summed E-state index contributed by atoms with van der Waals surface area (Å²) in [5.41, 5.74) is -0.283. The van der Waals surface area contributed by atoms with Crippen LogP contribution >= 0.6 is 0 Å². The molecule has 1 amide bonds. The maximum atomic E-state index is 12.8. The highest BCUT2D eigenvalue weighted by molar-refractivity contribution is 6.10. The van der Waals surface area contributed by atoms with E-state index >= 15 is 0 Å². The SMILES string of the molecule is CCC1Nc2cc(OC)c(OC)cc2N(C(C)(C)C(=O)O)C1=O. The Morgan fingerprint density at radius 2 is 1.87 bits per heavy atom. The molecule has 0 saturated carbocycles. The van der Waals surface area contributed by atoms with Gasteiger partial charge >= 0.3 is 5.97 Å². The lowest BCUT2D eigenvalue weighted by atomic mass is 9.96. The molecule has 0 bridgehead atoms. The first-order valence-electron chi connectivity index (χ1n) is 7.37. The minimum Gasteiger partial charge on any atom is -0.493 e. The van der Waals surface area contributed by atoms with Gasteiger partial charge in [-0.15, -0.1) is 0 Å². The van der Waals surface area contributed by atoms with E-state index in [0.29, 0.717) is 29.3 Å². The van der Waals surface area contributed by atoms with Crippen molar-refractivity contribution in [3.63, 3.8) is 0 Å². The molecule has 1 unspecified atom stereocenters.